The van der Waals surface area contributed by atoms with E-state index in [4.69, 9.17) is 0 Å². The van der Waals surface area contributed by atoms with Crippen LogP contribution in [0.15, 0.2) is 24.4 Å². The van der Waals surface area contributed by atoms with E-state index >= 15 is 0 Å². The summed E-state index contributed by atoms with van der Waals surface area (Å²) in [5.74, 6) is 0. The van der Waals surface area contributed by atoms with E-state index in [0.29, 0.717) is 0 Å². The molecule has 6 heteroatoms. The molecule has 0 saturated heterocycles. The lowest BCUT2D eigenvalue weighted by Crippen LogP contribution is -1.87. The molecule has 0 saturated carbocycles. The minimum Gasteiger partial charge on any atom is -0.282 e. The van der Waals surface area contributed by atoms with Crippen molar-refractivity contribution >= 4 is 46.9 Å². The standard InChI is InChI=1S/C9H7IN2O2S/c1-6-5-11(15-10)9-3-2-7(12(13)14)4-8(6)9/h2-5H,1H3. The van der Waals surface area contributed by atoms with E-state index in [2.05, 4.69) is 21.2 Å². The summed E-state index contributed by atoms with van der Waals surface area (Å²) >= 11 is 2.18. The Morgan fingerprint density at radius 2 is 2.27 bits per heavy atom. The van der Waals surface area contributed by atoms with Crippen molar-refractivity contribution in [3.63, 3.8) is 0 Å². The summed E-state index contributed by atoms with van der Waals surface area (Å²) in [7, 11) is 1.55. The molecule has 1 aromatic carbocycles. The summed E-state index contributed by atoms with van der Waals surface area (Å²) in [5.41, 5.74) is 2.21. The maximum absolute atomic E-state index is 10.6. The fraction of sp³-hybridized carbons (Fsp3) is 0.111. The Balaban J connectivity index is 2.72. The molecule has 0 atom stereocenters. The van der Waals surface area contributed by atoms with Crippen LogP contribution in [0.25, 0.3) is 10.9 Å². The van der Waals surface area contributed by atoms with Gasteiger partial charge in [0.05, 0.1) is 10.4 Å². The normalized spacial score (nSPS) is 10.8. The van der Waals surface area contributed by atoms with Gasteiger partial charge in [0, 0.05) is 54.0 Å². The van der Waals surface area contributed by atoms with Gasteiger partial charge in [0.2, 0.25) is 0 Å². The van der Waals surface area contributed by atoms with Gasteiger partial charge in [0.1, 0.15) is 0 Å². The SMILES string of the molecule is Cc1cn(SI)c2ccc([N+](=O)[O-])cc12. The molecule has 0 fully saturated rings. The highest BCUT2D eigenvalue weighted by atomic mass is 127. The number of nitro groups is 1. The van der Waals surface area contributed by atoms with Gasteiger partial charge >= 0.3 is 0 Å². The van der Waals surface area contributed by atoms with Crippen LogP contribution >= 0.6 is 30.3 Å². The maximum Gasteiger partial charge on any atom is 0.270 e. The summed E-state index contributed by atoms with van der Waals surface area (Å²) in [6.45, 7) is 1.95. The maximum atomic E-state index is 10.6. The van der Waals surface area contributed by atoms with Crippen LogP contribution < -0.4 is 0 Å². The number of benzene rings is 1. The molecule has 0 aliphatic heterocycles. The third kappa shape index (κ3) is 1.83. The Hall–Kier alpha value is -0.760. The molecule has 1 aromatic heterocycles. The monoisotopic (exact) mass is 334 g/mol. The molecule has 0 bridgehead atoms. The topological polar surface area (TPSA) is 48.1 Å². The van der Waals surface area contributed by atoms with Gasteiger partial charge in [-0.2, -0.15) is 0 Å². The summed E-state index contributed by atoms with van der Waals surface area (Å²) in [6.07, 6.45) is 1.98. The molecule has 0 aliphatic carbocycles. The number of nitrogens with zero attached hydrogens (tertiary/aromatic N) is 2. The van der Waals surface area contributed by atoms with Gasteiger partial charge in [-0.3, -0.25) is 14.1 Å². The highest BCUT2D eigenvalue weighted by Gasteiger charge is 2.11. The fourth-order valence-corrected chi connectivity index (χ4v) is 2.93. The highest BCUT2D eigenvalue weighted by Crippen LogP contribution is 2.30. The van der Waals surface area contributed by atoms with Crippen LogP contribution in [-0.2, 0) is 0 Å². The van der Waals surface area contributed by atoms with Crippen molar-refractivity contribution in [1.29, 1.82) is 0 Å². The first kappa shape index (κ1) is 10.7. The number of fused-ring (bicyclic) bond motifs is 1. The summed E-state index contributed by atoms with van der Waals surface area (Å²) < 4.78 is 1.99. The van der Waals surface area contributed by atoms with Crippen molar-refractivity contribution < 1.29 is 4.92 Å². The molecule has 0 radical (unpaired) electrons. The van der Waals surface area contributed by atoms with Crippen molar-refractivity contribution in [2.45, 2.75) is 6.92 Å². The minimum absolute atomic E-state index is 0.141. The Bertz CT molecular complexity index is 538. The van der Waals surface area contributed by atoms with E-state index in [1.165, 1.54) is 6.07 Å². The predicted molar refractivity (Wildman–Crippen MR) is 70.3 cm³/mol. The molecule has 1 heterocycles. The molecule has 0 N–H and O–H groups in total. The van der Waals surface area contributed by atoms with E-state index < -0.39 is 0 Å². The molecular formula is C9H7IN2O2S. The second-order valence-corrected chi connectivity index (χ2v) is 4.88. The van der Waals surface area contributed by atoms with Crippen LogP contribution in [0, 0.1) is 17.0 Å². The zero-order chi connectivity index (χ0) is 11.0. The van der Waals surface area contributed by atoms with Crippen LogP contribution in [-0.4, -0.2) is 8.90 Å². The average Bonchev–Trinajstić information content (AvgIpc) is 2.55. The number of nitro benzene ring substituents is 1. The first-order valence-corrected chi connectivity index (χ1v) is 7.50. The van der Waals surface area contributed by atoms with Crippen molar-refractivity contribution in [1.82, 2.24) is 3.97 Å². The minimum atomic E-state index is -0.368. The van der Waals surface area contributed by atoms with Crippen molar-refractivity contribution in [3.8, 4) is 0 Å². The molecule has 4 nitrogen and oxygen atoms in total. The first-order valence-electron chi connectivity index (χ1n) is 4.18. The molecular weight excluding hydrogens is 327 g/mol. The van der Waals surface area contributed by atoms with Gasteiger partial charge in [0.15, 0.2) is 0 Å². The van der Waals surface area contributed by atoms with Gasteiger partial charge in [-0.05, 0) is 18.6 Å². The third-order valence-corrected chi connectivity index (χ3v) is 3.96. The Kier molecular flexibility index (Phi) is 2.87. The molecule has 0 aliphatic rings. The van der Waals surface area contributed by atoms with Crippen LogP contribution in [0.4, 0.5) is 5.69 Å². The van der Waals surface area contributed by atoms with E-state index in [0.717, 1.165) is 16.5 Å². The van der Waals surface area contributed by atoms with Gasteiger partial charge < -0.3 is 0 Å². The molecule has 2 rings (SSSR count). The number of rotatable bonds is 2. The lowest BCUT2D eigenvalue weighted by Gasteiger charge is -1.97. The number of aryl methyl sites for hydroxylation is 1. The van der Waals surface area contributed by atoms with Crippen LogP contribution in [0.5, 0.6) is 0 Å². The summed E-state index contributed by atoms with van der Waals surface area (Å²) in [4.78, 5) is 10.3. The Labute approximate surface area is 103 Å². The van der Waals surface area contributed by atoms with Crippen molar-refractivity contribution in [2.24, 2.45) is 0 Å². The summed E-state index contributed by atoms with van der Waals surface area (Å²) in [5, 5.41) is 11.6. The first-order chi connectivity index (χ1) is 7.13. The van der Waals surface area contributed by atoms with Gasteiger partial charge in [0.25, 0.3) is 5.69 Å². The molecule has 0 unspecified atom stereocenters. The zero-order valence-electron chi connectivity index (χ0n) is 7.81. The predicted octanol–water partition coefficient (Wildman–Crippen LogP) is 3.70. The van der Waals surface area contributed by atoms with E-state index in [9.17, 15) is 10.1 Å². The quantitative estimate of drug-likeness (QED) is 0.478. The average molecular weight is 334 g/mol. The van der Waals surface area contributed by atoms with Crippen LogP contribution in [0.1, 0.15) is 5.56 Å². The van der Waals surface area contributed by atoms with Gasteiger partial charge in [-0.1, -0.05) is 0 Å². The number of hydrogen-bond donors (Lipinski definition) is 0. The van der Waals surface area contributed by atoms with Crippen molar-refractivity contribution in [3.05, 3.63) is 40.1 Å². The second kappa shape index (κ2) is 4.01. The van der Waals surface area contributed by atoms with Gasteiger partial charge in [-0.15, -0.1) is 0 Å². The van der Waals surface area contributed by atoms with Crippen LogP contribution in [0.2, 0.25) is 0 Å². The van der Waals surface area contributed by atoms with Crippen molar-refractivity contribution in [2.75, 3.05) is 0 Å². The van der Waals surface area contributed by atoms with Gasteiger partial charge in [-0.25, -0.2) is 0 Å². The molecule has 15 heavy (non-hydrogen) atoms. The van der Waals surface area contributed by atoms with Crippen LogP contribution in [0.3, 0.4) is 0 Å². The Morgan fingerprint density at radius 1 is 1.53 bits per heavy atom. The lowest BCUT2D eigenvalue weighted by molar-refractivity contribution is -0.384. The van der Waals surface area contributed by atoms with E-state index in [1.54, 1.807) is 21.3 Å². The smallest absolute Gasteiger partial charge is 0.270 e. The number of hydrogen-bond acceptors (Lipinski definition) is 3. The number of aromatic nitrogens is 1. The summed E-state index contributed by atoms with van der Waals surface area (Å²) in [6, 6.07) is 4.94. The largest absolute Gasteiger partial charge is 0.282 e. The molecule has 2 aromatic rings. The second-order valence-electron chi connectivity index (χ2n) is 3.17. The van der Waals surface area contributed by atoms with E-state index in [-0.39, 0.29) is 10.6 Å². The zero-order valence-corrected chi connectivity index (χ0v) is 10.8. The number of non-ortho nitro benzene ring substituents is 1. The number of halogens is 1. The molecule has 0 spiro atoms. The highest BCUT2D eigenvalue weighted by molar-refractivity contribution is 14.2. The Morgan fingerprint density at radius 3 is 2.87 bits per heavy atom. The molecule has 0 amide bonds. The lowest BCUT2D eigenvalue weighted by atomic mass is 10.2. The molecule has 78 valence electrons. The fourth-order valence-electron chi connectivity index (χ4n) is 1.52. The third-order valence-electron chi connectivity index (χ3n) is 2.24. The van der Waals surface area contributed by atoms with E-state index in [1.807, 2.05) is 17.1 Å².